The number of ether oxygens (including phenoxy) is 1. The number of hydrogen-bond donors (Lipinski definition) is 2. The van der Waals surface area contributed by atoms with Gasteiger partial charge < -0.3 is 15.0 Å². The van der Waals surface area contributed by atoms with Gasteiger partial charge in [0, 0.05) is 36.2 Å². The Bertz CT molecular complexity index is 1080. The molecule has 0 aliphatic carbocycles. The van der Waals surface area contributed by atoms with Crippen molar-refractivity contribution in [2.75, 3.05) is 36.5 Å². The molecular formula is C20H21N5O3S. The van der Waals surface area contributed by atoms with Crippen LogP contribution in [0.1, 0.15) is 0 Å². The molecule has 8 nitrogen and oxygen atoms in total. The zero-order valence-electron chi connectivity index (χ0n) is 15.7. The normalized spacial score (nSPS) is 14.6. The van der Waals surface area contributed by atoms with Gasteiger partial charge in [0.05, 0.1) is 23.8 Å². The summed E-state index contributed by atoms with van der Waals surface area (Å²) in [7, 11) is -3.72. The van der Waals surface area contributed by atoms with Crippen molar-refractivity contribution in [3.05, 3.63) is 60.8 Å². The number of sulfonamides is 1. The third kappa shape index (κ3) is 4.70. The van der Waals surface area contributed by atoms with Gasteiger partial charge in [0.15, 0.2) is 0 Å². The smallest absolute Gasteiger partial charge is 0.238 e. The predicted molar refractivity (Wildman–Crippen MR) is 112 cm³/mol. The average molecular weight is 411 g/mol. The first-order valence-corrected chi connectivity index (χ1v) is 10.7. The van der Waals surface area contributed by atoms with Crippen LogP contribution in [0.15, 0.2) is 65.7 Å². The molecule has 1 aromatic heterocycles. The van der Waals surface area contributed by atoms with Crippen LogP contribution in [0.3, 0.4) is 0 Å². The first kappa shape index (κ1) is 19.3. The van der Waals surface area contributed by atoms with E-state index in [2.05, 4.69) is 32.3 Å². The van der Waals surface area contributed by atoms with Crippen molar-refractivity contribution in [3.63, 3.8) is 0 Å². The SMILES string of the molecule is NS(=O)(=O)c1ccc(Nc2nccc(-c3ccc(N4CCOCC4)cc3)n2)cc1. The summed E-state index contributed by atoms with van der Waals surface area (Å²) in [6.07, 6.45) is 1.68. The summed E-state index contributed by atoms with van der Waals surface area (Å²) < 4.78 is 28.1. The molecule has 2 aromatic carbocycles. The van der Waals surface area contributed by atoms with Crippen molar-refractivity contribution in [2.45, 2.75) is 4.90 Å². The van der Waals surface area contributed by atoms with Crippen LogP contribution in [0.4, 0.5) is 17.3 Å². The van der Waals surface area contributed by atoms with Gasteiger partial charge in [-0.3, -0.25) is 0 Å². The Morgan fingerprint density at radius 3 is 2.31 bits per heavy atom. The number of aromatic nitrogens is 2. The summed E-state index contributed by atoms with van der Waals surface area (Å²) in [5.41, 5.74) is 3.60. The lowest BCUT2D eigenvalue weighted by Crippen LogP contribution is -2.36. The highest BCUT2D eigenvalue weighted by Gasteiger charge is 2.12. The fourth-order valence-corrected chi connectivity index (χ4v) is 3.62. The molecule has 0 bridgehead atoms. The molecule has 150 valence electrons. The quantitative estimate of drug-likeness (QED) is 0.663. The Morgan fingerprint density at radius 1 is 0.966 bits per heavy atom. The van der Waals surface area contributed by atoms with E-state index in [1.54, 1.807) is 18.3 Å². The number of benzene rings is 2. The van der Waals surface area contributed by atoms with Crippen LogP contribution in [-0.2, 0) is 14.8 Å². The molecule has 0 saturated carbocycles. The Morgan fingerprint density at radius 2 is 1.66 bits per heavy atom. The fourth-order valence-electron chi connectivity index (χ4n) is 3.10. The number of rotatable bonds is 5. The lowest BCUT2D eigenvalue weighted by molar-refractivity contribution is 0.122. The van der Waals surface area contributed by atoms with E-state index in [0.717, 1.165) is 37.6 Å². The van der Waals surface area contributed by atoms with Gasteiger partial charge in [-0.2, -0.15) is 0 Å². The van der Waals surface area contributed by atoms with Gasteiger partial charge in [-0.05, 0) is 42.5 Å². The van der Waals surface area contributed by atoms with E-state index in [0.29, 0.717) is 11.6 Å². The summed E-state index contributed by atoms with van der Waals surface area (Å²) in [5, 5.41) is 8.20. The number of nitrogens with one attached hydrogen (secondary N) is 1. The molecule has 29 heavy (non-hydrogen) atoms. The summed E-state index contributed by atoms with van der Waals surface area (Å²) in [6.45, 7) is 3.29. The topological polar surface area (TPSA) is 110 Å². The Kier molecular flexibility index (Phi) is 5.43. The minimum atomic E-state index is -3.72. The minimum Gasteiger partial charge on any atom is -0.378 e. The van der Waals surface area contributed by atoms with Gasteiger partial charge in [0.2, 0.25) is 16.0 Å². The third-order valence-corrected chi connectivity index (χ3v) is 5.56. The molecule has 0 spiro atoms. The molecule has 9 heteroatoms. The molecule has 0 atom stereocenters. The summed E-state index contributed by atoms with van der Waals surface area (Å²) >= 11 is 0. The summed E-state index contributed by atoms with van der Waals surface area (Å²) in [5.74, 6) is 0.420. The number of nitrogens with zero attached hydrogens (tertiary/aromatic N) is 3. The Balaban J connectivity index is 1.49. The first-order chi connectivity index (χ1) is 14.0. The van der Waals surface area contributed by atoms with E-state index in [-0.39, 0.29) is 4.90 Å². The Hall–Kier alpha value is -3.01. The number of anilines is 3. The van der Waals surface area contributed by atoms with Gasteiger partial charge in [0.1, 0.15) is 0 Å². The van der Waals surface area contributed by atoms with Crippen molar-refractivity contribution in [1.29, 1.82) is 0 Å². The number of primary sulfonamides is 1. The lowest BCUT2D eigenvalue weighted by atomic mass is 10.1. The molecule has 0 unspecified atom stereocenters. The van der Waals surface area contributed by atoms with E-state index in [1.807, 2.05) is 18.2 Å². The van der Waals surface area contributed by atoms with Crippen molar-refractivity contribution >= 4 is 27.3 Å². The Labute approximate surface area is 169 Å². The standard InChI is InChI=1S/C20H21N5O3S/c21-29(26,27)18-7-3-16(4-8-18)23-20-22-10-9-19(24-20)15-1-5-17(6-2-15)25-11-13-28-14-12-25/h1-10H,11-14H2,(H2,21,26,27)(H,22,23,24). The molecule has 1 saturated heterocycles. The maximum Gasteiger partial charge on any atom is 0.238 e. The van der Waals surface area contributed by atoms with Gasteiger partial charge in [-0.25, -0.2) is 23.5 Å². The molecule has 4 rings (SSSR count). The van der Waals surface area contributed by atoms with E-state index >= 15 is 0 Å². The highest BCUT2D eigenvalue weighted by Crippen LogP contribution is 2.24. The molecule has 3 N–H and O–H groups in total. The average Bonchev–Trinajstić information content (AvgIpc) is 2.74. The van der Waals surface area contributed by atoms with E-state index in [4.69, 9.17) is 9.88 Å². The zero-order valence-corrected chi connectivity index (χ0v) is 16.5. The molecule has 3 aromatic rings. The van der Waals surface area contributed by atoms with E-state index < -0.39 is 10.0 Å². The van der Waals surface area contributed by atoms with Crippen molar-refractivity contribution in [2.24, 2.45) is 5.14 Å². The maximum absolute atomic E-state index is 11.4. The monoisotopic (exact) mass is 411 g/mol. The molecule has 2 heterocycles. The summed E-state index contributed by atoms with van der Waals surface area (Å²) in [6, 6.07) is 16.2. The van der Waals surface area contributed by atoms with Gasteiger partial charge in [-0.15, -0.1) is 0 Å². The maximum atomic E-state index is 11.4. The highest BCUT2D eigenvalue weighted by atomic mass is 32.2. The van der Waals surface area contributed by atoms with Crippen molar-refractivity contribution in [1.82, 2.24) is 9.97 Å². The predicted octanol–water partition coefficient (Wildman–Crippen LogP) is 2.37. The van der Waals surface area contributed by atoms with Crippen LogP contribution in [0.2, 0.25) is 0 Å². The van der Waals surface area contributed by atoms with E-state index in [9.17, 15) is 8.42 Å². The second kappa shape index (κ2) is 8.16. The lowest BCUT2D eigenvalue weighted by Gasteiger charge is -2.28. The molecule has 1 aliphatic heterocycles. The van der Waals surface area contributed by atoms with Crippen molar-refractivity contribution in [3.8, 4) is 11.3 Å². The van der Waals surface area contributed by atoms with Gasteiger partial charge in [0.25, 0.3) is 0 Å². The van der Waals surface area contributed by atoms with Crippen LogP contribution in [0.25, 0.3) is 11.3 Å². The van der Waals surface area contributed by atoms with Crippen LogP contribution < -0.4 is 15.4 Å². The van der Waals surface area contributed by atoms with Crippen molar-refractivity contribution < 1.29 is 13.2 Å². The summed E-state index contributed by atoms with van der Waals surface area (Å²) in [4.78, 5) is 11.1. The third-order valence-electron chi connectivity index (χ3n) is 4.63. The molecule has 0 radical (unpaired) electrons. The molecular weight excluding hydrogens is 390 g/mol. The van der Waals surface area contributed by atoms with Crippen LogP contribution in [-0.4, -0.2) is 44.7 Å². The van der Waals surface area contributed by atoms with Crippen LogP contribution >= 0.6 is 0 Å². The molecule has 0 amide bonds. The number of morpholine rings is 1. The zero-order chi connectivity index (χ0) is 20.3. The molecule has 1 aliphatic rings. The largest absolute Gasteiger partial charge is 0.378 e. The van der Waals surface area contributed by atoms with Gasteiger partial charge >= 0.3 is 0 Å². The first-order valence-electron chi connectivity index (χ1n) is 9.15. The van der Waals surface area contributed by atoms with E-state index in [1.165, 1.54) is 17.8 Å². The second-order valence-corrected chi connectivity index (χ2v) is 8.17. The highest BCUT2D eigenvalue weighted by molar-refractivity contribution is 7.89. The van der Waals surface area contributed by atoms with Gasteiger partial charge in [-0.1, -0.05) is 12.1 Å². The van der Waals surface area contributed by atoms with Crippen LogP contribution in [0.5, 0.6) is 0 Å². The fraction of sp³-hybridized carbons (Fsp3) is 0.200. The minimum absolute atomic E-state index is 0.0538. The number of nitrogens with two attached hydrogens (primary N) is 1. The number of hydrogen-bond acceptors (Lipinski definition) is 7. The van der Waals surface area contributed by atoms with Crippen LogP contribution in [0, 0.1) is 0 Å². The second-order valence-electron chi connectivity index (χ2n) is 6.61. The molecule has 1 fully saturated rings.